The molecule has 4 heteroatoms. The van der Waals surface area contributed by atoms with Crippen LogP contribution < -0.4 is 10.6 Å². The van der Waals surface area contributed by atoms with Crippen LogP contribution in [0.15, 0.2) is 36.4 Å². The van der Waals surface area contributed by atoms with Crippen LogP contribution in [0.1, 0.15) is 44.6 Å². The smallest absolute Gasteiger partial charge is 0.261 e. The Kier molecular flexibility index (Phi) is 4.36. The van der Waals surface area contributed by atoms with Crippen molar-refractivity contribution in [2.75, 3.05) is 6.54 Å². The van der Waals surface area contributed by atoms with Crippen LogP contribution in [-0.4, -0.2) is 12.5 Å². The van der Waals surface area contributed by atoms with Gasteiger partial charge < -0.3 is 10.6 Å². The zero-order valence-electron chi connectivity index (χ0n) is 12.2. The first kappa shape index (κ1) is 14.3. The predicted octanol–water partition coefficient (Wildman–Crippen LogP) is 3.41. The third-order valence-corrected chi connectivity index (χ3v) is 4.99. The first-order valence-electron chi connectivity index (χ1n) is 7.39. The quantitative estimate of drug-likeness (QED) is 0.908. The van der Waals surface area contributed by atoms with Gasteiger partial charge in [-0.1, -0.05) is 29.8 Å². The van der Waals surface area contributed by atoms with Gasteiger partial charge in [0.05, 0.1) is 4.88 Å². The molecule has 0 aliphatic carbocycles. The van der Waals surface area contributed by atoms with E-state index in [-0.39, 0.29) is 5.91 Å². The van der Waals surface area contributed by atoms with E-state index < -0.39 is 0 Å². The highest BCUT2D eigenvalue weighted by Crippen LogP contribution is 2.29. The van der Waals surface area contributed by atoms with Crippen LogP contribution in [0, 0.1) is 6.92 Å². The van der Waals surface area contributed by atoms with Crippen LogP contribution >= 0.6 is 11.3 Å². The molecular weight excluding hydrogens is 280 g/mol. The molecule has 1 aliphatic rings. The summed E-state index contributed by atoms with van der Waals surface area (Å²) < 4.78 is 0. The number of carbonyl (C=O) groups is 1. The molecule has 1 aromatic carbocycles. The molecule has 1 aromatic heterocycles. The average Bonchev–Trinajstić information content (AvgIpc) is 3.15. The van der Waals surface area contributed by atoms with Crippen molar-refractivity contribution in [2.24, 2.45) is 0 Å². The molecule has 1 saturated heterocycles. The van der Waals surface area contributed by atoms with E-state index in [0.29, 0.717) is 12.6 Å². The average molecular weight is 300 g/mol. The predicted molar refractivity (Wildman–Crippen MR) is 86.6 cm³/mol. The number of carbonyl (C=O) groups excluding carboxylic acids is 1. The number of amides is 1. The summed E-state index contributed by atoms with van der Waals surface area (Å²) in [4.78, 5) is 14.3. The Balaban J connectivity index is 1.60. The van der Waals surface area contributed by atoms with Gasteiger partial charge in [0.15, 0.2) is 0 Å². The highest BCUT2D eigenvalue weighted by molar-refractivity contribution is 7.14. The third-order valence-electron chi connectivity index (χ3n) is 3.79. The second-order valence-corrected chi connectivity index (χ2v) is 6.64. The summed E-state index contributed by atoms with van der Waals surface area (Å²) in [6.07, 6.45) is 2.39. The molecule has 0 spiro atoms. The molecule has 0 unspecified atom stereocenters. The van der Waals surface area contributed by atoms with Gasteiger partial charge in [0.2, 0.25) is 0 Å². The van der Waals surface area contributed by atoms with Gasteiger partial charge in [-0.2, -0.15) is 0 Å². The van der Waals surface area contributed by atoms with Crippen molar-refractivity contribution in [3.8, 4) is 0 Å². The fraction of sp³-hybridized carbons (Fsp3) is 0.353. The molecule has 1 aliphatic heterocycles. The fourth-order valence-corrected chi connectivity index (χ4v) is 3.72. The van der Waals surface area contributed by atoms with Gasteiger partial charge >= 0.3 is 0 Å². The Morgan fingerprint density at radius 3 is 3.05 bits per heavy atom. The molecule has 2 aromatic rings. The van der Waals surface area contributed by atoms with Crippen molar-refractivity contribution in [1.82, 2.24) is 10.6 Å². The SMILES string of the molecule is Cc1cccc(CNC(=O)c2ccc([C@H]3CCCN3)s2)c1. The van der Waals surface area contributed by atoms with Gasteiger partial charge in [-0.05, 0) is 44.0 Å². The van der Waals surface area contributed by atoms with Crippen LogP contribution in [0.25, 0.3) is 0 Å². The number of benzene rings is 1. The largest absolute Gasteiger partial charge is 0.347 e. The van der Waals surface area contributed by atoms with E-state index in [4.69, 9.17) is 0 Å². The van der Waals surface area contributed by atoms with E-state index in [1.807, 2.05) is 18.2 Å². The van der Waals surface area contributed by atoms with Crippen LogP contribution in [-0.2, 0) is 6.54 Å². The maximum atomic E-state index is 12.2. The van der Waals surface area contributed by atoms with Crippen molar-refractivity contribution in [2.45, 2.75) is 32.4 Å². The van der Waals surface area contributed by atoms with Gasteiger partial charge in [-0.25, -0.2) is 0 Å². The van der Waals surface area contributed by atoms with Crippen LogP contribution in [0.4, 0.5) is 0 Å². The molecule has 2 N–H and O–H groups in total. The molecule has 3 nitrogen and oxygen atoms in total. The number of hydrogen-bond donors (Lipinski definition) is 2. The molecule has 1 atom stereocenters. The minimum Gasteiger partial charge on any atom is -0.347 e. The van der Waals surface area contributed by atoms with E-state index in [0.717, 1.165) is 17.0 Å². The van der Waals surface area contributed by atoms with E-state index >= 15 is 0 Å². The third kappa shape index (κ3) is 3.52. The first-order chi connectivity index (χ1) is 10.2. The Bertz CT molecular complexity index is 629. The maximum absolute atomic E-state index is 12.2. The maximum Gasteiger partial charge on any atom is 0.261 e. The molecule has 1 fully saturated rings. The minimum absolute atomic E-state index is 0.0192. The minimum atomic E-state index is 0.0192. The van der Waals surface area contributed by atoms with Crippen molar-refractivity contribution < 1.29 is 4.79 Å². The lowest BCUT2D eigenvalue weighted by Crippen LogP contribution is -2.21. The molecule has 110 valence electrons. The number of hydrogen-bond acceptors (Lipinski definition) is 3. The molecule has 0 saturated carbocycles. The lowest BCUT2D eigenvalue weighted by atomic mass is 10.1. The molecule has 0 bridgehead atoms. The monoisotopic (exact) mass is 300 g/mol. The highest BCUT2D eigenvalue weighted by atomic mass is 32.1. The number of nitrogens with one attached hydrogen (secondary N) is 2. The Morgan fingerprint density at radius 2 is 2.29 bits per heavy atom. The lowest BCUT2D eigenvalue weighted by molar-refractivity contribution is 0.0955. The van der Waals surface area contributed by atoms with Crippen LogP contribution in [0.3, 0.4) is 0 Å². The second kappa shape index (κ2) is 6.41. The summed E-state index contributed by atoms with van der Waals surface area (Å²) in [5, 5.41) is 6.47. The highest BCUT2D eigenvalue weighted by Gasteiger charge is 2.19. The Hall–Kier alpha value is -1.65. The van der Waals surface area contributed by atoms with Gasteiger partial charge in [0.25, 0.3) is 5.91 Å². The normalized spacial score (nSPS) is 17.9. The van der Waals surface area contributed by atoms with Gasteiger partial charge in [-0.15, -0.1) is 11.3 Å². The molecular formula is C17H20N2OS. The molecule has 0 radical (unpaired) electrons. The topological polar surface area (TPSA) is 41.1 Å². The molecule has 3 rings (SSSR count). The Morgan fingerprint density at radius 1 is 1.38 bits per heavy atom. The summed E-state index contributed by atoms with van der Waals surface area (Å²) in [5.74, 6) is 0.0192. The Labute approximate surface area is 129 Å². The van der Waals surface area contributed by atoms with Crippen molar-refractivity contribution in [3.63, 3.8) is 0 Å². The fourth-order valence-electron chi connectivity index (χ4n) is 2.68. The van der Waals surface area contributed by atoms with Gasteiger partial charge in [0, 0.05) is 17.5 Å². The first-order valence-corrected chi connectivity index (χ1v) is 8.21. The van der Waals surface area contributed by atoms with E-state index in [1.54, 1.807) is 11.3 Å². The molecule has 1 amide bonds. The summed E-state index contributed by atoms with van der Waals surface area (Å²) in [7, 11) is 0. The molecule has 21 heavy (non-hydrogen) atoms. The van der Waals surface area contributed by atoms with Crippen molar-refractivity contribution >= 4 is 17.2 Å². The van der Waals surface area contributed by atoms with Gasteiger partial charge in [-0.3, -0.25) is 4.79 Å². The summed E-state index contributed by atoms with van der Waals surface area (Å²) in [6, 6.07) is 12.7. The number of rotatable bonds is 4. The van der Waals surface area contributed by atoms with E-state index in [9.17, 15) is 4.79 Å². The zero-order chi connectivity index (χ0) is 14.7. The number of thiophene rings is 1. The van der Waals surface area contributed by atoms with Crippen LogP contribution in [0.5, 0.6) is 0 Å². The summed E-state index contributed by atoms with van der Waals surface area (Å²) in [5.41, 5.74) is 2.35. The number of aryl methyl sites for hydroxylation is 1. The standard InChI is InChI=1S/C17H20N2OS/c1-12-4-2-5-13(10-12)11-19-17(20)16-8-7-15(21-16)14-6-3-9-18-14/h2,4-5,7-8,10,14,18H,3,6,9,11H2,1H3,(H,19,20)/t14-/m1/s1. The lowest BCUT2D eigenvalue weighted by Gasteiger charge is -2.06. The summed E-state index contributed by atoms with van der Waals surface area (Å²) in [6.45, 7) is 3.72. The van der Waals surface area contributed by atoms with Crippen LogP contribution in [0.2, 0.25) is 0 Å². The van der Waals surface area contributed by atoms with Crippen molar-refractivity contribution in [1.29, 1.82) is 0 Å². The van der Waals surface area contributed by atoms with E-state index in [2.05, 4.69) is 35.8 Å². The van der Waals surface area contributed by atoms with Gasteiger partial charge in [0.1, 0.15) is 0 Å². The van der Waals surface area contributed by atoms with Crippen molar-refractivity contribution in [3.05, 3.63) is 57.3 Å². The zero-order valence-corrected chi connectivity index (χ0v) is 13.0. The summed E-state index contributed by atoms with van der Waals surface area (Å²) >= 11 is 1.60. The second-order valence-electron chi connectivity index (χ2n) is 5.52. The van der Waals surface area contributed by atoms with E-state index in [1.165, 1.54) is 23.3 Å². The molecule has 2 heterocycles.